The van der Waals surface area contributed by atoms with Crippen molar-refractivity contribution < 1.29 is 4.39 Å². The molecule has 2 heterocycles. The first-order valence-electron chi connectivity index (χ1n) is 9.73. The van der Waals surface area contributed by atoms with Crippen molar-refractivity contribution in [2.24, 2.45) is 0 Å². The number of anilines is 2. The normalized spacial score (nSPS) is 21.2. The van der Waals surface area contributed by atoms with E-state index < -0.39 is 0 Å². The summed E-state index contributed by atoms with van der Waals surface area (Å²) in [7, 11) is 0. The Labute approximate surface area is 155 Å². The second-order valence-electron chi connectivity index (χ2n) is 7.80. The van der Waals surface area contributed by atoms with Crippen molar-refractivity contribution in [2.45, 2.75) is 44.7 Å². The first-order chi connectivity index (χ1) is 12.6. The lowest BCUT2D eigenvalue weighted by Gasteiger charge is -2.40. The zero-order valence-corrected chi connectivity index (χ0v) is 15.5. The molecule has 1 saturated heterocycles. The molecule has 1 fully saturated rings. The summed E-state index contributed by atoms with van der Waals surface area (Å²) in [5, 5.41) is 0. The number of nitrogen functional groups attached to an aromatic ring is 1. The van der Waals surface area contributed by atoms with Crippen LogP contribution in [0.25, 0.3) is 0 Å². The quantitative estimate of drug-likeness (QED) is 0.847. The van der Waals surface area contributed by atoms with Crippen LogP contribution in [0.1, 0.15) is 30.9 Å². The molecular formula is C22H28FN3. The molecule has 26 heavy (non-hydrogen) atoms. The van der Waals surface area contributed by atoms with Gasteiger partial charge in [-0.15, -0.1) is 0 Å². The number of piperidine rings is 1. The minimum absolute atomic E-state index is 0.157. The van der Waals surface area contributed by atoms with Gasteiger partial charge < -0.3 is 15.5 Å². The van der Waals surface area contributed by atoms with Gasteiger partial charge in [-0.3, -0.25) is 0 Å². The number of benzene rings is 2. The lowest BCUT2D eigenvalue weighted by molar-refractivity contribution is 0.208. The fraction of sp³-hybridized carbons (Fsp3) is 0.455. The minimum atomic E-state index is -0.157. The molecule has 2 N–H and O–H groups in total. The van der Waals surface area contributed by atoms with Crippen molar-refractivity contribution in [1.29, 1.82) is 0 Å². The molecule has 3 nitrogen and oxygen atoms in total. The van der Waals surface area contributed by atoms with Gasteiger partial charge >= 0.3 is 0 Å². The van der Waals surface area contributed by atoms with Crippen LogP contribution < -0.4 is 10.6 Å². The van der Waals surface area contributed by atoms with Gasteiger partial charge in [0.15, 0.2) is 0 Å². The van der Waals surface area contributed by atoms with Crippen molar-refractivity contribution in [3.8, 4) is 0 Å². The summed E-state index contributed by atoms with van der Waals surface area (Å²) in [5.41, 5.74) is 10.9. The fourth-order valence-corrected chi connectivity index (χ4v) is 4.56. The molecule has 2 aliphatic rings. The summed E-state index contributed by atoms with van der Waals surface area (Å²) in [6.07, 6.45) is 4.51. The van der Waals surface area contributed by atoms with E-state index in [2.05, 4.69) is 28.9 Å². The average molecular weight is 353 g/mol. The summed E-state index contributed by atoms with van der Waals surface area (Å²) in [5.74, 6) is -0.157. The molecule has 2 aliphatic heterocycles. The lowest BCUT2D eigenvalue weighted by Crippen LogP contribution is -2.47. The van der Waals surface area contributed by atoms with E-state index in [0.717, 1.165) is 38.2 Å². The Kier molecular flexibility index (Phi) is 4.86. The second-order valence-corrected chi connectivity index (χ2v) is 7.80. The smallest absolute Gasteiger partial charge is 0.123 e. The summed E-state index contributed by atoms with van der Waals surface area (Å²) < 4.78 is 13.0. The van der Waals surface area contributed by atoms with Crippen LogP contribution in [0, 0.1) is 5.82 Å². The number of nitrogens with two attached hydrogens (primary N) is 1. The molecule has 2 aromatic carbocycles. The molecule has 0 saturated carbocycles. The predicted octanol–water partition coefficient (Wildman–Crippen LogP) is 3.87. The standard InChI is InChI=1S/C22H28FN3/c1-16-14-18-4-7-20(24)15-22(18)26(16)21-9-12-25(13-10-21)11-8-17-2-5-19(23)6-3-17/h2-7,15-16,21H,8-14,24H2,1H3. The monoisotopic (exact) mass is 353 g/mol. The van der Waals surface area contributed by atoms with Crippen LogP contribution in [-0.4, -0.2) is 36.6 Å². The van der Waals surface area contributed by atoms with Gasteiger partial charge in [-0.2, -0.15) is 0 Å². The largest absolute Gasteiger partial charge is 0.399 e. The van der Waals surface area contributed by atoms with E-state index in [1.807, 2.05) is 18.2 Å². The number of rotatable bonds is 4. The maximum absolute atomic E-state index is 13.0. The Bertz CT molecular complexity index is 750. The molecule has 4 heteroatoms. The maximum Gasteiger partial charge on any atom is 0.123 e. The highest BCUT2D eigenvalue weighted by Gasteiger charge is 2.33. The highest BCUT2D eigenvalue weighted by Crippen LogP contribution is 2.37. The van der Waals surface area contributed by atoms with E-state index in [1.165, 1.54) is 29.7 Å². The van der Waals surface area contributed by atoms with Crippen LogP contribution >= 0.6 is 0 Å². The van der Waals surface area contributed by atoms with E-state index in [1.54, 1.807) is 12.1 Å². The second kappa shape index (κ2) is 7.28. The highest BCUT2D eigenvalue weighted by atomic mass is 19.1. The van der Waals surface area contributed by atoms with E-state index in [4.69, 9.17) is 5.73 Å². The van der Waals surface area contributed by atoms with Gasteiger partial charge in [0, 0.05) is 43.1 Å². The van der Waals surface area contributed by atoms with Crippen molar-refractivity contribution in [2.75, 3.05) is 30.3 Å². The van der Waals surface area contributed by atoms with Crippen LogP contribution in [0.4, 0.5) is 15.8 Å². The van der Waals surface area contributed by atoms with Crippen molar-refractivity contribution >= 4 is 11.4 Å². The summed E-state index contributed by atoms with van der Waals surface area (Å²) in [4.78, 5) is 5.16. The van der Waals surface area contributed by atoms with Gasteiger partial charge in [-0.1, -0.05) is 18.2 Å². The topological polar surface area (TPSA) is 32.5 Å². The molecule has 0 aromatic heterocycles. The average Bonchev–Trinajstić information content (AvgIpc) is 2.97. The van der Waals surface area contributed by atoms with Gasteiger partial charge in [-0.05, 0) is 68.0 Å². The summed E-state index contributed by atoms with van der Waals surface area (Å²) >= 11 is 0. The SMILES string of the molecule is CC1Cc2ccc(N)cc2N1C1CCN(CCc2ccc(F)cc2)CC1. The predicted molar refractivity (Wildman–Crippen MR) is 106 cm³/mol. The Hall–Kier alpha value is -2.07. The minimum Gasteiger partial charge on any atom is -0.399 e. The molecule has 0 amide bonds. The molecule has 0 bridgehead atoms. The molecule has 4 rings (SSSR count). The van der Waals surface area contributed by atoms with Crippen LogP contribution in [0.3, 0.4) is 0 Å². The maximum atomic E-state index is 13.0. The van der Waals surface area contributed by atoms with Gasteiger partial charge in [0.2, 0.25) is 0 Å². The number of fused-ring (bicyclic) bond motifs is 1. The fourth-order valence-electron chi connectivity index (χ4n) is 4.56. The van der Waals surface area contributed by atoms with E-state index in [-0.39, 0.29) is 5.82 Å². The van der Waals surface area contributed by atoms with Gasteiger partial charge in [-0.25, -0.2) is 4.39 Å². The Balaban J connectivity index is 1.34. The number of hydrogen-bond donors (Lipinski definition) is 1. The molecule has 1 unspecified atom stereocenters. The third-order valence-corrected chi connectivity index (χ3v) is 5.96. The zero-order valence-electron chi connectivity index (χ0n) is 15.5. The molecule has 1 atom stereocenters. The van der Waals surface area contributed by atoms with Crippen molar-refractivity contribution in [3.63, 3.8) is 0 Å². The van der Waals surface area contributed by atoms with Crippen molar-refractivity contribution in [1.82, 2.24) is 4.90 Å². The number of likely N-dealkylation sites (tertiary alicyclic amines) is 1. The molecule has 138 valence electrons. The molecule has 0 spiro atoms. The molecular weight excluding hydrogens is 325 g/mol. The van der Waals surface area contributed by atoms with E-state index in [0.29, 0.717) is 12.1 Å². The molecule has 0 aliphatic carbocycles. The Morgan fingerprint density at radius 2 is 1.81 bits per heavy atom. The van der Waals surface area contributed by atoms with Gasteiger partial charge in [0.25, 0.3) is 0 Å². The number of hydrogen-bond acceptors (Lipinski definition) is 3. The summed E-state index contributed by atoms with van der Waals surface area (Å²) in [6.45, 7) is 5.65. The highest BCUT2D eigenvalue weighted by molar-refractivity contribution is 5.65. The Morgan fingerprint density at radius 1 is 1.08 bits per heavy atom. The number of halogens is 1. The third kappa shape index (κ3) is 3.56. The molecule has 0 radical (unpaired) electrons. The Morgan fingerprint density at radius 3 is 2.54 bits per heavy atom. The first-order valence-corrected chi connectivity index (χ1v) is 9.73. The van der Waals surface area contributed by atoms with Crippen LogP contribution in [0.5, 0.6) is 0 Å². The van der Waals surface area contributed by atoms with E-state index >= 15 is 0 Å². The molecule has 2 aromatic rings. The number of nitrogens with zero attached hydrogens (tertiary/aromatic N) is 2. The van der Waals surface area contributed by atoms with Crippen LogP contribution in [0.2, 0.25) is 0 Å². The third-order valence-electron chi connectivity index (χ3n) is 5.96. The zero-order chi connectivity index (χ0) is 18.1. The van der Waals surface area contributed by atoms with Crippen molar-refractivity contribution in [3.05, 3.63) is 59.4 Å². The van der Waals surface area contributed by atoms with E-state index in [9.17, 15) is 4.39 Å². The van der Waals surface area contributed by atoms with Gasteiger partial charge in [0.05, 0.1) is 0 Å². The van der Waals surface area contributed by atoms with Crippen LogP contribution in [-0.2, 0) is 12.8 Å². The summed E-state index contributed by atoms with van der Waals surface area (Å²) in [6, 6.07) is 14.4. The first kappa shape index (κ1) is 17.3. The van der Waals surface area contributed by atoms with Crippen LogP contribution in [0.15, 0.2) is 42.5 Å². The van der Waals surface area contributed by atoms with Gasteiger partial charge in [0.1, 0.15) is 5.82 Å². The lowest BCUT2D eigenvalue weighted by atomic mass is 10.0.